The van der Waals surface area contributed by atoms with Gasteiger partial charge in [-0.2, -0.15) is 0 Å². The van der Waals surface area contributed by atoms with Gasteiger partial charge in [0, 0.05) is 11.5 Å². The normalized spacial score (nSPS) is 24.7. The Bertz CT molecular complexity index is 708. The van der Waals surface area contributed by atoms with Crippen LogP contribution >= 0.6 is 0 Å². The number of rotatable bonds is 4. The van der Waals surface area contributed by atoms with E-state index in [1.54, 1.807) is 7.11 Å². The van der Waals surface area contributed by atoms with Crippen LogP contribution in [-0.2, 0) is 0 Å². The van der Waals surface area contributed by atoms with E-state index in [4.69, 9.17) is 14.2 Å². The molecule has 2 aliphatic rings. The van der Waals surface area contributed by atoms with Gasteiger partial charge in [0.2, 0.25) is 0 Å². The Kier molecular flexibility index (Phi) is 4.09. The zero-order valence-corrected chi connectivity index (χ0v) is 14.3. The highest BCUT2D eigenvalue weighted by molar-refractivity contribution is 5.46. The molecule has 1 heterocycles. The topological polar surface area (TPSA) is 27.7 Å². The first kappa shape index (κ1) is 15.4. The third-order valence-electron chi connectivity index (χ3n) is 5.35. The maximum atomic E-state index is 6.43. The van der Waals surface area contributed by atoms with Crippen molar-refractivity contribution >= 4 is 0 Å². The van der Waals surface area contributed by atoms with Gasteiger partial charge in [0.25, 0.3) is 0 Å². The van der Waals surface area contributed by atoms with E-state index in [2.05, 4.69) is 36.4 Å². The molecule has 0 amide bonds. The Labute approximate surface area is 143 Å². The van der Waals surface area contributed by atoms with E-state index in [-0.39, 0.29) is 6.10 Å². The molecule has 3 nitrogen and oxygen atoms in total. The van der Waals surface area contributed by atoms with Crippen LogP contribution in [0.5, 0.6) is 17.2 Å². The Morgan fingerprint density at radius 2 is 1.83 bits per heavy atom. The standard InChI is InChI=1S/C21H24O3/c1-3-23-15-9-7-14(8-10-15)21-18-6-4-5-17(18)19-13-16(22-2)11-12-20(19)24-21/h7-13,17-18,21H,3-6H2,1-2H3/t17-,18+,21-/m0/s1. The molecule has 3 atom stereocenters. The highest BCUT2D eigenvalue weighted by Crippen LogP contribution is 2.54. The molecule has 0 radical (unpaired) electrons. The van der Waals surface area contributed by atoms with Gasteiger partial charge in [0.15, 0.2) is 0 Å². The van der Waals surface area contributed by atoms with E-state index in [0.717, 1.165) is 17.2 Å². The summed E-state index contributed by atoms with van der Waals surface area (Å²) in [6.45, 7) is 2.70. The highest BCUT2D eigenvalue weighted by atomic mass is 16.5. The van der Waals surface area contributed by atoms with Crippen LogP contribution in [-0.4, -0.2) is 13.7 Å². The van der Waals surface area contributed by atoms with Crippen LogP contribution in [0, 0.1) is 5.92 Å². The summed E-state index contributed by atoms with van der Waals surface area (Å²) in [5, 5.41) is 0. The largest absolute Gasteiger partial charge is 0.497 e. The monoisotopic (exact) mass is 324 g/mol. The highest BCUT2D eigenvalue weighted by Gasteiger charge is 2.42. The summed E-state index contributed by atoms with van der Waals surface area (Å²) in [5.41, 5.74) is 2.57. The number of hydrogen-bond donors (Lipinski definition) is 0. The molecule has 0 aromatic heterocycles. The van der Waals surface area contributed by atoms with Crippen molar-refractivity contribution in [2.24, 2.45) is 5.92 Å². The first-order chi connectivity index (χ1) is 11.8. The zero-order valence-electron chi connectivity index (χ0n) is 14.3. The predicted molar refractivity (Wildman–Crippen MR) is 94.1 cm³/mol. The molecular weight excluding hydrogens is 300 g/mol. The van der Waals surface area contributed by atoms with Gasteiger partial charge in [-0.1, -0.05) is 18.6 Å². The van der Waals surface area contributed by atoms with Gasteiger partial charge in [0.05, 0.1) is 13.7 Å². The van der Waals surface area contributed by atoms with Crippen molar-refractivity contribution in [1.82, 2.24) is 0 Å². The Hall–Kier alpha value is -2.16. The summed E-state index contributed by atoms with van der Waals surface area (Å²) in [4.78, 5) is 0. The van der Waals surface area contributed by atoms with Gasteiger partial charge >= 0.3 is 0 Å². The Balaban J connectivity index is 1.67. The minimum absolute atomic E-state index is 0.133. The van der Waals surface area contributed by atoms with E-state index in [1.165, 1.54) is 30.4 Å². The average molecular weight is 324 g/mol. The molecule has 0 saturated heterocycles. The molecule has 2 aromatic carbocycles. The lowest BCUT2D eigenvalue weighted by Crippen LogP contribution is -2.26. The Morgan fingerprint density at radius 3 is 2.58 bits per heavy atom. The van der Waals surface area contributed by atoms with Crippen molar-refractivity contribution in [2.45, 2.75) is 38.2 Å². The second-order valence-electron chi connectivity index (χ2n) is 6.65. The molecule has 4 rings (SSSR count). The minimum atomic E-state index is 0.133. The summed E-state index contributed by atoms with van der Waals surface area (Å²) >= 11 is 0. The van der Waals surface area contributed by atoms with Crippen LogP contribution < -0.4 is 14.2 Å². The second-order valence-corrected chi connectivity index (χ2v) is 6.65. The van der Waals surface area contributed by atoms with Crippen molar-refractivity contribution in [3.63, 3.8) is 0 Å². The summed E-state index contributed by atoms with van der Waals surface area (Å²) in [5.74, 6) is 3.97. The average Bonchev–Trinajstić information content (AvgIpc) is 3.12. The lowest BCUT2D eigenvalue weighted by Gasteiger charge is -2.36. The van der Waals surface area contributed by atoms with Crippen LogP contribution in [0.25, 0.3) is 0 Å². The molecule has 3 heteroatoms. The molecule has 1 saturated carbocycles. The molecule has 0 spiro atoms. The molecule has 0 unspecified atom stereocenters. The van der Waals surface area contributed by atoms with E-state index in [0.29, 0.717) is 18.4 Å². The summed E-state index contributed by atoms with van der Waals surface area (Å²) in [6, 6.07) is 14.6. The predicted octanol–water partition coefficient (Wildman–Crippen LogP) is 5.11. The first-order valence-corrected chi connectivity index (χ1v) is 8.87. The van der Waals surface area contributed by atoms with Gasteiger partial charge in [-0.15, -0.1) is 0 Å². The van der Waals surface area contributed by atoms with Crippen molar-refractivity contribution in [3.05, 3.63) is 53.6 Å². The molecule has 126 valence electrons. The molecule has 1 aliphatic carbocycles. The molecule has 0 N–H and O–H groups in total. The maximum Gasteiger partial charge on any atom is 0.127 e. The van der Waals surface area contributed by atoms with E-state index in [1.807, 2.05) is 13.0 Å². The lowest BCUT2D eigenvalue weighted by molar-refractivity contribution is 0.104. The first-order valence-electron chi connectivity index (χ1n) is 8.87. The fourth-order valence-electron chi connectivity index (χ4n) is 4.25. The van der Waals surface area contributed by atoms with Gasteiger partial charge in [-0.05, 0) is 61.6 Å². The van der Waals surface area contributed by atoms with Crippen LogP contribution in [0.4, 0.5) is 0 Å². The fraction of sp³-hybridized carbons (Fsp3) is 0.429. The third kappa shape index (κ3) is 2.62. The van der Waals surface area contributed by atoms with E-state index in [9.17, 15) is 0 Å². The number of ether oxygens (including phenoxy) is 3. The van der Waals surface area contributed by atoms with Crippen LogP contribution in [0.1, 0.15) is 49.3 Å². The van der Waals surface area contributed by atoms with Crippen molar-refractivity contribution in [3.8, 4) is 17.2 Å². The number of fused-ring (bicyclic) bond motifs is 3. The SMILES string of the molecule is CCOc1ccc([C@@H]2Oc3ccc(OC)cc3[C@H]3CCC[C@H]32)cc1. The molecule has 1 aliphatic heterocycles. The van der Waals surface area contributed by atoms with Crippen molar-refractivity contribution < 1.29 is 14.2 Å². The van der Waals surface area contributed by atoms with Crippen molar-refractivity contribution in [2.75, 3.05) is 13.7 Å². The third-order valence-corrected chi connectivity index (χ3v) is 5.35. The van der Waals surface area contributed by atoms with Gasteiger partial charge < -0.3 is 14.2 Å². The van der Waals surface area contributed by atoms with Gasteiger partial charge in [-0.3, -0.25) is 0 Å². The van der Waals surface area contributed by atoms with Gasteiger partial charge in [0.1, 0.15) is 23.4 Å². The number of benzene rings is 2. The minimum Gasteiger partial charge on any atom is -0.497 e. The maximum absolute atomic E-state index is 6.43. The number of methoxy groups -OCH3 is 1. The summed E-state index contributed by atoms with van der Waals surface area (Å²) in [7, 11) is 1.72. The smallest absolute Gasteiger partial charge is 0.127 e. The lowest BCUT2D eigenvalue weighted by atomic mass is 9.80. The number of hydrogen-bond acceptors (Lipinski definition) is 3. The Morgan fingerprint density at radius 1 is 1.04 bits per heavy atom. The van der Waals surface area contributed by atoms with Crippen LogP contribution in [0.3, 0.4) is 0 Å². The van der Waals surface area contributed by atoms with Crippen molar-refractivity contribution in [1.29, 1.82) is 0 Å². The van der Waals surface area contributed by atoms with Gasteiger partial charge in [-0.25, -0.2) is 0 Å². The summed E-state index contributed by atoms with van der Waals surface area (Å²) in [6.07, 6.45) is 3.86. The van der Waals surface area contributed by atoms with Crippen LogP contribution in [0.15, 0.2) is 42.5 Å². The molecule has 1 fully saturated rings. The molecule has 0 bridgehead atoms. The molecule has 24 heavy (non-hydrogen) atoms. The second kappa shape index (κ2) is 6.39. The fourth-order valence-corrected chi connectivity index (χ4v) is 4.25. The molecular formula is C21H24O3. The summed E-state index contributed by atoms with van der Waals surface area (Å²) < 4.78 is 17.4. The van der Waals surface area contributed by atoms with E-state index >= 15 is 0 Å². The van der Waals surface area contributed by atoms with E-state index < -0.39 is 0 Å². The zero-order chi connectivity index (χ0) is 16.5. The van der Waals surface area contributed by atoms with Crippen LogP contribution in [0.2, 0.25) is 0 Å². The quantitative estimate of drug-likeness (QED) is 0.782. The molecule has 2 aromatic rings.